The largest absolute Gasteiger partial charge is 0.463 e. The molecule has 0 aromatic heterocycles. The molecule has 1 aliphatic rings. The highest BCUT2D eigenvalue weighted by molar-refractivity contribution is 5.68. The number of carbonyl (C=O) groups is 4. The Morgan fingerprint density at radius 2 is 1.10 bits per heavy atom. The summed E-state index contributed by atoms with van der Waals surface area (Å²) in [5.41, 5.74) is 0. The third-order valence-electron chi connectivity index (χ3n) is 4.76. The van der Waals surface area contributed by atoms with Crippen molar-refractivity contribution in [1.82, 2.24) is 0 Å². The van der Waals surface area contributed by atoms with Gasteiger partial charge >= 0.3 is 23.9 Å². The fraction of sp³-hybridized carbons (Fsp3) is 0.760. The smallest absolute Gasteiger partial charge is 0.303 e. The van der Waals surface area contributed by atoms with Crippen LogP contribution in [0.15, 0.2) is 0 Å². The Morgan fingerprint density at radius 3 is 1.59 bits per heavy atom. The van der Waals surface area contributed by atoms with Gasteiger partial charge in [-0.15, -0.1) is 6.42 Å². The molecular weight excluding hydrogens is 524 g/mol. The van der Waals surface area contributed by atoms with Crippen molar-refractivity contribution in [1.29, 1.82) is 0 Å². The maximum atomic E-state index is 11.8. The number of esters is 4. The lowest BCUT2D eigenvalue weighted by molar-refractivity contribution is -0.309. The van der Waals surface area contributed by atoms with Crippen LogP contribution in [0, 0.1) is 12.3 Å². The predicted molar refractivity (Wildman–Crippen MR) is 130 cm³/mol. The molecule has 0 bridgehead atoms. The number of ether oxygens (including phenoxy) is 10. The van der Waals surface area contributed by atoms with E-state index in [4.69, 9.17) is 53.8 Å². The Balaban J connectivity index is 2.61. The molecule has 0 spiro atoms. The van der Waals surface area contributed by atoms with Gasteiger partial charge in [0.15, 0.2) is 24.6 Å². The number of carbonyl (C=O) groups excluding carboxylic acids is 4. The minimum absolute atomic E-state index is 0.00545. The first-order chi connectivity index (χ1) is 18.6. The van der Waals surface area contributed by atoms with Gasteiger partial charge in [-0.25, -0.2) is 0 Å². The summed E-state index contributed by atoms with van der Waals surface area (Å²) in [5.74, 6) is -0.413. The Morgan fingerprint density at radius 1 is 0.641 bits per heavy atom. The molecule has 1 fully saturated rings. The van der Waals surface area contributed by atoms with Gasteiger partial charge in [0.05, 0.1) is 52.9 Å². The Hall–Kier alpha value is -2.80. The zero-order chi connectivity index (χ0) is 29.0. The van der Waals surface area contributed by atoms with Crippen LogP contribution in [-0.4, -0.2) is 121 Å². The lowest BCUT2D eigenvalue weighted by Crippen LogP contribution is -2.63. The molecule has 1 aliphatic heterocycles. The second kappa shape index (κ2) is 20.2. The summed E-state index contributed by atoms with van der Waals surface area (Å²) in [6.45, 7) is 6.82. The quantitative estimate of drug-likeness (QED) is 0.0880. The van der Waals surface area contributed by atoms with E-state index in [1.54, 1.807) is 0 Å². The fourth-order valence-electron chi connectivity index (χ4n) is 3.34. The fourth-order valence-corrected chi connectivity index (χ4v) is 3.34. The first kappa shape index (κ1) is 34.2. The molecule has 1 saturated heterocycles. The highest BCUT2D eigenvalue weighted by Crippen LogP contribution is 2.29. The topological polar surface area (TPSA) is 161 Å². The van der Waals surface area contributed by atoms with Gasteiger partial charge in [0.2, 0.25) is 0 Å². The standard InChI is InChI=1S/C25H38O14/c1-6-7-30-8-9-31-10-11-32-12-13-33-14-15-34-25-24(38-20(5)29)23(37-19(4)28)22(36-18(3)27)21(39-25)16-35-17(2)26/h1,21-25H,7-16H2,2-5H3/t21-,22-,23+,24-,25-/m1/s1. The van der Waals surface area contributed by atoms with Crippen LogP contribution in [0.25, 0.3) is 0 Å². The molecule has 0 radical (unpaired) electrons. The number of terminal acetylenes is 1. The number of rotatable bonds is 19. The molecule has 0 aromatic rings. The van der Waals surface area contributed by atoms with Crippen LogP contribution in [0.3, 0.4) is 0 Å². The molecule has 5 atom stereocenters. The molecule has 1 rings (SSSR count). The van der Waals surface area contributed by atoms with Crippen molar-refractivity contribution < 1.29 is 66.5 Å². The van der Waals surface area contributed by atoms with Gasteiger partial charge in [-0.2, -0.15) is 0 Å². The Bertz CT molecular complexity index is 794. The van der Waals surface area contributed by atoms with Crippen molar-refractivity contribution in [3.63, 3.8) is 0 Å². The van der Waals surface area contributed by atoms with E-state index >= 15 is 0 Å². The van der Waals surface area contributed by atoms with Crippen molar-refractivity contribution in [2.75, 3.05) is 66.1 Å². The van der Waals surface area contributed by atoms with Crippen LogP contribution in [0.5, 0.6) is 0 Å². The van der Waals surface area contributed by atoms with Gasteiger partial charge in [-0.3, -0.25) is 19.2 Å². The van der Waals surface area contributed by atoms with Crippen LogP contribution in [-0.2, 0) is 66.5 Å². The predicted octanol–water partition coefficient (Wildman–Crippen LogP) is -0.214. The molecule has 1 heterocycles. The molecule has 0 aliphatic carbocycles. The highest BCUT2D eigenvalue weighted by Gasteiger charge is 2.52. The first-order valence-corrected chi connectivity index (χ1v) is 12.3. The summed E-state index contributed by atoms with van der Waals surface area (Å²) in [6.07, 6.45) is -1.10. The lowest BCUT2D eigenvalue weighted by atomic mass is 9.98. The minimum atomic E-state index is -1.30. The normalized spacial score (nSPS) is 22.4. The van der Waals surface area contributed by atoms with Crippen LogP contribution >= 0.6 is 0 Å². The molecule has 222 valence electrons. The number of hydrogen-bond donors (Lipinski definition) is 0. The van der Waals surface area contributed by atoms with E-state index in [0.29, 0.717) is 33.0 Å². The summed E-state index contributed by atoms with van der Waals surface area (Å²) in [4.78, 5) is 46.7. The van der Waals surface area contributed by atoms with Gasteiger partial charge in [0, 0.05) is 27.7 Å². The zero-order valence-corrected chi connectivity index (χ0v) is 22.8. The average molecular weight is 563 g/mol. The van der Waals surface area contributed by atoms with Crippen molar-refractivity contribution in [2.45, 2.75) is 58.4 Å². The summed E-state index contributed by atoms with van der Waals surface area (Å²) in [5, 5.41) is 0. The first-order valence-electron chi connectivity index (χ1n) is 12.3. The summed E-state index contributed by atoms with van der Waals surface area (Å²) in [6, 6.07) is 0. The van der Waals surface area contributed by atoms with E-state index in [0.717, 1.165) is 20.8 Å². The average Bonchev–Trinajstić information content (AvgIpc) is 2.85. The second-order valence-electron chi connectivity index (χ2n) is 8.03. The third-order valence-corrected chi connectivity index (χ3v) is 4.76. The van der Waals surface area contributed by atoms with Crippen LogP contribution in [0.1, 0.15) is 27.7 Å². The van der Waals surface area contributed by atoms with E-state index in [1.165, 1.54) is 6.92 Å². The van der Waals surface area contributed by atoms with Gasteiger partial charge < -0.3 is 47.4 Å². The summed E-state index contributed by atoms with van der Waals surface area (Å²) >= 11 is 0. The van der Waals surface area contributed by atoms with E-state index in [-0.39, 0.29) is 33.0 Å². The monoisotopic (exact) mass is 562 g/mol. The number of hydrogen-bond acceptors (Lipinski definition) is 14. The van der Waals surface area contributed by atoms with E-state index in [1.807, 2.05) is 0 Å². The van der Waals surface area contributed by atoms with Gasteiger partial charge in [-0.1, -0.05) is 5.92 Å². The van der Waals surface area contributed by atoms with Gasteiger partial charge in [0.25, 0.3) is 0 Å². The second-order valence-corrected chi connectivity index (χ2v) is 8.03. The van der Waals surface area contributed by atoms with Crippen LogP contribution < -0.4 is 0 Å². The van der Waals surface area contributed by atoms with Gasteiger partial charge in [0.1, 0.15) is 19.3 Å². The SMILES string of the molecule is C#CCOCCOCCOCCOCCO[C@@H]1O[C@H](COC(C)=O)[C@@H](OC(C)=O)[C@H](OC(C)=O)[C@H]1OC(C)=O. The molecular formula is C25H38O14. The Labute approximate surface area is 227 Å². The van der Waals surface area contributed by atoms with Crippen LogP contribution in [0.2, 0.25) is 0 Å². The van der Waals surface area contributed by atoms with Crippen molar-refractivity contribution in [3.05, 3.63) is 0 Å². The molecule has 39 heavy (non-hydrogen) atoms. The zero-order valence-electron chi connectivity index (χ0n) is 22.8. The molecule has 0 aromatic carbocycles. The molecule has 0 unspecified atom stereocenters. The van der Waals surface area contributed by atoms with Gasteiger partial charge in [-0.05, 0) is 0 Å². The highest BCUT2D eigenvalue weighted by atomic mass is 16.7. The maximum absolute atomic E-state index is 11.8. The minimum Gasteiger partial charge on any atom is -0.463 e. The molecule has 0 N–H and O–H groups in total. The van der Waals surface area contributed by atoms with E-state index in [2.05, 4.69) is 5.92 Å². The molecule has 0 saturated carbocycles. The van der Waals surface area contributed by atoms with Crippen molar-refractivity contribution >= 4 is 23.9 Å². The summed E-state index contributed by atoms with van der Waals surface area (Å²) < 4.78 is 53.8. The molecule has 14 nitrogen and oxygen atoms in total. The molecule has 0 amide bonds. The van der Waals surface area contributed by atoms with Crippen molar-refractivity contribution in [3.8, 4) is 12.3 Å². The van der Waals surface area contributed by atoms with Crippen molar-refractivity contribution in [2.24, 2.45) is 0 Å². The van der Waals surface area contributed by atoms with Crippen LogP contribution in [0.4, 0.5) is 0 Å². The third kappa shape index (κ3) is 15.4. The van der Waals surface area contributed by atoms with E-state index in [9.17, 15) is 19.2 Å². The molecule has 14 heteroatoms. The maximum Gasteiger partial charge on any atom is 0.303 e. The van der Waals surface area contributed by atoms with E-state index < -0.39 is 54.6 Å². The summed E-state index contributed by atoms with van der Waals surface area (Å²) in [7, 11) is 0. The lowest BCUT2D eigenvalue weighted by Gasteiger charge is -2.44. The Kier molecular flexibility index (Phi) is 17.7.